The van der Waals surface area contributed by atoms with Crippen LogP contribution in [-0.4, -0.2) is 29.8 Å². The first-order valence-corrected chi connectivity index (χ1v) is 12.3. The number of fused-ring (bicyclic) bond motifs is 1. The molecule has 1 aliphatic heterocycles. The Hall–Kier alpha value is -2.22. The molecule has 0 unspecified atom stereocenters. The van der Waals surface area contributed by atoms with Crippen molar-refractivity contribution in [2.24, 2.45) is 0 Å². The van der Waals surface area contributed by atoms with Crippen molar-refractivity contribution in [3.8, 4) is 0 Å². The van der Waals surface area contributed by atoms with Crippen LogP contribution < -0.4 is 4.72 Å². The van der Waals surface area contributed by atoms with Crippen LogP contribution >= 0.6 is 11.6 Å². The lowest BCUT2D eigenvalue weighted by atomic mass is 9.69. The van der Waals surface area contributed by atoms with Crippen LogP contribution in [0.4, 0.5) is 10.1 Å². The third-order valence-electron chi connectivity index (χ3n) is 6.78. The number of hydrogen-bond acceptors (Lipinski definition) is 3. The second-order valence-electron chi connectivity index (χ2n) is 8.50. The zero-order valence-corrected chi connectivity index (χ0v) is 18.5. The SMILES string of the molecule is O=S(=O)(Nc1ccc(Cl)cc1)N1CCC12CCC(c1ccnc3ccc(F)cc13)CC2. The van der Waals surface area contributed by atoms with Crippen molar-refractivity contribution in [3.63, 3.8) is 0 Å². The van der Waals surface area contributed by atoms with Crippen LogP contribution in [0.15, 0.2) is 54.7 Å². The Morgan fingerprint density at radius 1 is 1.06 bits per heavy atom. The van der Waals surface area contributed by atoms with Gasteiger partial charge in [-0.05, 0) is 92.1 Å². The Morgan fingerprint density at radius 2 is 1.81 bits per heavy atom. The lowest BCUT2D eigenvalue weighted by Crippen LogP contribution is -2.64. The number of pyridine rings is 1. The molecule has 1 N–H and O–H groups in total. The fourth-order valence-electron chi connectivity index (χ4n) is 5.08. The minimum atomic E-state index is -3.64. The van der Waals surface area contributed by atoms with E-state index in [1.165, 1.54) is 6.07 Å². The predicted molar refractivity (Wildman–Crippen MR) is 121 cm³/mol. The van der Waals surface area contributed by atoms with E-state index in [4.69, 9.17) is 11.6 Å². The maximum absolute atomic E-state index is 13.8. The first kappa shape index (κ1) is 20.7. The maximum Gasteiger partial charge on any atom is 0.302 e. The zero-order chi connectivity index (χ0) is 21.6. The summed E-state index contributed by atoms with van der Waals surface area (Å²) in [6, 6.07) is 13.3. The topological polar surface area (TPSA) is 62.3 Å². The van der Waals surface area contributed by atoms with E-state index in [0.29, 0.717) is 17.3 Å². The average Bonchev–Trinajstić information content (AvgIpc) is 2.74. The van der Waals surface area contributed by atoms with Gasteiger partial charge in [-0.1, -0.05) is 11.6 Å². The minimum absolute atomic E-state index is 0.265. The van der Waals surface area contributed by atoms with Gasteiger partial charge in [0.1, 0.15) is 5.82 Å². The standard InChI is InChI=1S/C23H23ClFN3O2S/c24-17-1-4-19(5-2-17)27-31(29,30)28-14-12-23(28)10-7-16(8-11-23)20-9-13-26-22-6-3-18(25)15-21(20)22/h1-6,9,13,15-16,27H,7-8,10-12,14H2. The molecule has 1 aromatic heterocycles. The van der Waals surface area contributed by atoms with E-state index in [1.54, 1.807) is 46.9 Å². The number of rotatable bonds is 4. The molecule has 1 saturated heterocycles. The summed E-state index contributed by atoms with van der Waals surface area (Å²) in [5.41, 5.74) is 2.07. The molecule has 0 atom stereocenters. The van der Waals surface area contributed by atoms with Crippen molar-refractivity contribution in [3.05, 3.63) is 71.1 Å². The monoisotopic (exact) mass is 459 g/mol. The Bertz CT molecular complexity index is 1230. The van der Waals surface area contributed by atoms with Gasteiger partial charge in [-0.15, -0.1) is 0 Å². The highest BCUT2D eigenvalue weighted by molar-refractivity contribution is 7.90. The van der Waals surface area contributed by atoms with Gasteiger partial charge < -0.3 is 0 Å². The molecule has 0 bridgehead atoms. The van der Waals surface area contributed by atoms with Crippen LogP contribution in [0.25, 0.3) is 10.9 Å². The smallest absolute Gasteiger partial charge is 0.271 e. The van der Waals surface area contributed by atoms with Crippen LogP contribution in [0, 0.1) is 5.82 Å². The first-order chi connectivity index (χ1) is 14.9. The normalized spacial score (nSPS) is 24.3. The molecular formula is C23H23ClFN3O2S. The summed E-state index contributed by atoms with van der Waals surface area (Å²) >= 11 is 5.90. The molecule has 1 spiro atoms. The molecule has 8 heteroatoms. The van der Waals surface area contributed by atoms with Crippen LogP contribution in [0.2, 0.25) is 5.02 Å². The molecule has 2 aromatic carbocycles. The lowest BCUT2D eigenvalue weighted by Gasteiger charge is -2.54. The van der Waals surface area contributed by atoms with Gasteiger partial charge in [0.2, 0.25) is 0 Å². The van der Waals surface area contributed by atoms with Gasteiger partial charge in [-0.2, -0.15) is 12.7 Å². The van der Waals surface area contributed by atoms with Crippen LogP contribution in [-0.2, 0) is 10.2 Å². The Labute approximate surface area is 186 Å². The number of nitrogens with one attached hydrogen (secondary N) is 1. The second kappa shape index (κ2) is 7.73. The average molecular weight is 460 g/mol. The van der Waals surface area contributed by atoms with E-state index in [9.17, 15) is 12.8 Å². The van der Waals surface area contributed by atoms with Crippen molar-refractivity contribution in [1.82, 2.24) is 9.29 Å². The molecule has 162 valence electrons. The molecule has 0 amide bonds. The summed E-state index contributed by atoms with van der Waals surface area (Å²) < 4.78 is 44.2. The summed E-state index contributed by atoms with van der Waals surface area (Å²) in [6.07, 6.45) is 5.95. The molecule has 0 radical (unpaired) electrons. The third-order valence-corrected chi connectivity index (χ3v) is 8.68. The van der Waals surface area contributed by atoms with Gasteiger partial charge in [-0.3, -0.25) is 9.71 Å². The van der Waals surface area contributed by atoms with E-state index in [-0.39, 0.29) is 17.3 Å². The molecule has 5 nitrogen and oxygen atoms in total. The highest BCUT2D eigenvalue weighted by atomic mass is 35.5. The largest absolute Gasteiger partial charge is 0.302 e. The second-order valence-corrected chi connectivity index (χ2v) is 10.5. The van der Waals surface area contributed by atoms with Gasteiger partial charge in [0, 0.05) is 34.4 Å². The van der Waals surface area contributed by atoms with Crippen molar-refractivity contribution in [2.75, 3.05) is 11.3 Å². The number of halogens is 2. The fraction of sp³-hybridized carbons (Fsp3) is 0.348. The van der Waals surface area contributed by atoms with Crippen LogP contribution in [0.1, 0.15) is 43.6 Å². The van der Waals surface area contributed by atoms with Gasteiger partial charge in [0.25, 0.3) is 0 Å². The Kier molecular flexibility index (Phi) is 5.15. The number of aromatic nitrogens is 1. The van der Waals surface area contributed by atoms with Gasteiger partial charge in [0.15, 0.2) is 0 Å². The highest BCUT2D eigenvalue weighted by Gasteiger charge is 2.52. The van der Waals surface area contributed by atoms with Gasteiger partial charge in [0.05, 0.1) is 5.52 Å². The lowest BCUT2D eigenvalue weighted by molar-refractivity contribution is 0.0286. The molecule has 5 rings (SSSR count). The molecular weight excluding hydrogens is 437 g/mol. The molecule has 1 aliphatic carbocycles. The van der Waals surface area contributed by atoms with Crippen molar-refractivity contribution in [2.45, 2.75) is 43.6 Å². The third kappa shape index (κ3) is 3.79. The quantitative estimate of drug-likeness (QED) is 0.561. The maximum atomic E-state index is 13.8. The van der Waals surface area contributed by atoms with E-state index in [1.807, 2.05) is 6.07 Å². The summed E-state index contributed by atoms with van der Waals surface area (Å²) in [5.74, 6) is 0.00543. The number of hydrogen-bond donors (Lipinski definition) is 1. The predicted octanol–water partition coefficient (Wildman–Crippen LogP) is 5.49. The van der Waals surface area contributed by atoms with E-state index in [2.05, 4.69) is 9.71 Å². The van der Waals surface area contributed by atoms with Crippen molar-refractivity contribution < 1.29 is 12.8 Å². The molecule has 1 saturated carbocycles. The fourth-order valence-corrected chi connectivity index (χ4v) is 6.86. The molecule has 2 aliphatic rings. The molecule has 31 heavy (non-hydrogen) atoms. The Balaban J connectivity index is 1.33. The summed E-state index contributed by atoms with van der Waals surface area (Å²) in [6.45, 7) is 0.525. The summed E-state index contributed by atoms with van der Waals surface area (Å²) in [5, 5.41) is 1.41. The first-order valence-electron chi connectivity index (χ1n) is 10.5. The number of nitrogens with zero attached hydrogens (tertiary/aromatic N) is 2. The molecule has 2 heterocycles. The van der Waals surface area contributed by atoms with Crippen LogP contribution in [0.5, 0.6) is 0 Å². The zero-order valence-electron chi connectivity index (χ0n) is 16.9. The Morgan fingerprint density at radius 3 is 2.48 bits per heavy atom. The van der Waals surface area contributed by atoms with Crippen molar-refractivity contribution in [1.29, 1.82) is 0 Å². The van der Waals surface area contributed by atoms with Gasteiger partial charge in [-0.25, -0.2) is 4.39 Å². The highest BCUT2D eigenvalue weighted by Crippen LogP contribution is 2.49. The van der Waals surface area contributed by atoms with E-state index >= 15 is 0 Å². The van der Waals surface area contributed by atoms with Gasteiger partial charge >= 0.3 is 10.2 Å². The summed E-state index contributed by atoms with van der Waals surface area (Å²) in [4.78, 5) is 4.35. The molecule has 3 aromatic rings. The van der Waals surface area contributed by atoms with Crippen LogP contribution in [0.3, 0.4) is 0 Å². The summed E-state index contributed by atoms with van der Waals surface area (Å²) in [7, 11) is -3.64. The minimum Gasteiger partial charge on any atom is -0.271 e. The number of anilines is 1. The molecule has 2 fully saturated rings. The van der Waals surface area contributed by atoms with E-state index in [0.717, 1.165) is 48.6 Å². The van der Waals surface area contributed by atoms with E-state index < -0.39 is 10.2 Å². The van der Waals surface area contributed by atoms with Crippen molar-refractivity contribution >= 4 is 38.4 Å². The number of benzene rings is 2.